The van der Waals surface area contributed by atoms with Gasteiger partial charge in [0.1, 0.15) is 0 Å². The van der Waals surface area contributed by atoms with E-state index >= 15 is 0 Å². The number of aromatic amines is 2. The molecular formula is C14H10ClN3O. The van der Waals surface area contributed by atoms with Gasteiger partial charge in [-0.3, -0.25) is 9.89 Å². The van der Waals surface area contributed by atoms with Gasteiger partial charge in [0.15, 0.2) is 0 Å². The summed E-state index contributed by atoms with van der Waals surface area (Å²) in [6.45, 7) is 0. The number of nitrogens with zero attached hydrogens (tertiary/aromatic N) is 1. The van der Waals surface area contributed by atoms with Crippen LogP contribution in [0.25, 0.3) is 22.4 Å². The summed E-state index contributed by atoms with van der Waals surface area (Å²) in [6, 6.07) is 10.9. The van der Waals surface area contributed by atoms with E-state index in [1.807, 2.05) is 30.3 Å². The summed E-state index contributed by atoms with van der Waals surface area (Å²) in [5, 5.41) is 7.66. The lowest BCUT2D eigenvalue weighted by molar-refractivity contribution is 1.10. The number of nitrogens with one attached hydrogen (secondary N) is 2. The van der Waals surface area contributed by atoms with Gasteiger partial charge < -0.3 is 4.98 Å². The Morgan fingerprint density at radius 2 is 2.00 bits per heavy atom. The molecule has 0 amide bonds. The molecule has 3 aromatic rings. The Balaban J connectivity index is 2.16. The highest BCUT2D eigenvalue weighted by Crippen LogP contribution is 2.30. The molecule has 0 unspecified atom stereocenters. The Kier molecular flexibility index (Phi) is 2.93. The Hall–Kier alpha value is -2.33. The van der Waals surface area contributed by atoms with E-state index in [0.29, 0.717) is 5.02 Å². The van der Waals surface area contributed by atoms with Gasteiger partial charge in [-0.2, -0.15) is 5.10 Å². The summed E-state index contributed by atoms with van der Waals surface area (Å²) in [5.74, 6) is 0. The maximum Gasteiger partial charge on any atom is 0.248 e. The van der Waals surface area contributed by atoms with Gasteiger partial charge in [-0.05, 0) is 23.8 Å². The zero-order valence-corrected chi connectivity index (χ0v) is 10.6. The SMILES string of the molecule is O=c1cc(-c2cn[nH]c2-c2cccc(Cl)c2)cc[nH]1. The number of pyridine rings is 1. The fourth-order valence-corrected chi connectivity index (χ4v) is 2.17. The number of benzene rings is 1. The third-order valence-electron chi connectivity index (χ3n) is 2.84. The molecule has 0 radical (unpaired) electrons. The van der Waals surface area contributed by atoms with Crippen molar-refractivity contribution in [2.45, 2.75) is 0 Å². The van der Waals surface area contributed by atoms with Gasteiger partial charge in [0, 0.05) is 28.4 Å². The van der Waals surface area contributed by atoms with Crippen LogP contribution in [0.15, 0.2) is 53.6 Å². The van der Waals surface area contributed by atoms with Crippen molar-refractivity contribution in [1.82, 2.24) is 15.2 Å². The maximum atomic E-state index is 11.4. The predicted octanol–water partition coefficient (Wildman–Crippen LogP) is 3.09. The minimum Gasteiger partial charge on any atom is -0.329 e. The Morgan fingerprint density at radius 3 is 2.79 bits per heavy atom. The quantitative estimate of drug-likeness (QED) is 0.752. The molecule has 1 aromatic carbocycles. The van der Waals surface area contributed by atoms with E-state index in [0.717, 1.165) is 22.4 Å². The van der Waals surface area contributed by atoms with Crippen molar-refractivity contribution in [2.24, 2.45) is 0 Å². The maximum absolute atomic E-state index is 11.4. The van der Waals surface area contributed by atoms with Crippen molar-refractivity contribution in [1.29, 1.82) is 0 Å². The highest BCUT2D eigenvalue weighted by molar-refractivity contribution is 6.30. The van der Waals surface area contributed by atoms with Crippen molar-refractivity contribution in [3.63, 3.8) is 0 Å². The standard InChI is InChI=1S/C14H10ClN3O/c15-11-3-1-2-10(6-11)14-12(8-17-18-14)9-4-5-16-13(19)7-9/h1-8H,(H,16,19)(H,17,18). The molecule has 0 aliphatic heterocycles. The number of aromatic nitrogens is 3. The van der Waals surface area contributed by atoms with Crippen LogP contribution in [0.3, 0.4) is 0 Å². The van der Waals surface area contributed by atoms with Gasteiger partial charge in [-0.1, -0.05) is 23.7 Å². The van der Waals surface area contributed by atoms with Crippen LogP contribution in [0.4, 0.5) is 0 Å². The van der Waals surface area contributed by atoms with Crippen LogP contribution in [0.1, 0.15) is 0 Å². The fourth-order valence-electron chi connectivity index (χ4n) is 1.98. The number of hydrogen-bond donors (Lipinski definition) is 2. The molecule has 94 valence electrons. The zero-order chi connectivity index (χ0) is 13.2. The van der Waals surface area contributed by atoms with Crippen LogP contribution in [0, 0.1) is 0 Å². The normalized spacial score (nSPS) is 10.6. The first-order valence-corrected chi connectivity index (χ1v) is 6.10. The van der Waals surface area contributed by atoms with Crippen molar-refractivity contribution in [3.05, 3.63) is 64.2 Å². The summed E-state index contributed by atoms with van der Waals surface area (Å²) in [4.78, 5) is 14.0. The minimum atomic E-state index is -0.143. The molecule has 4 nitrogen and oxygen atoms in total. The van der Waals surface area contributed by atoms with Crippen molar-refractivity contribution < 1.29 is 0 Å². The van der Waals surface area contributed by atoms with Crippen LogP contribution < -0.4 is 5.56 Å². The summed E-state index contributed by atoms with van der Waals surface area (Å²) in [5.41, 5.74) is 3.31. The second kappa shape index (κ2) is 4.74. The summed E-state index contributed by atoms with van der Waals surface area (Å²) in [7, 11) is 0. The third kappa shape index (κ3) is 2.30. The molecule has 2 heterocycles. The van der Waals surface area contributed by atoms with Gasteiger partial charge in [0.25, 0.3) is 0 Å². The second-order valence-electron chi connectivity index (χ2n) is 4.11. The monoisotopic (exact) mass is 271 g/mol. The van der Waals surface area contributed by atoms with Gasteiger partial charge in [0.05, 0.1) is 11.9 Å². The molecule has 0 saturated heterocycles. The molecular weight excluding hydrogens is 262 g/mol. The van der Waals surface area contributed by atoms with Gasteiger partial charge >= 0.3 is 0 Å². The molecule has 0 fully saturated rings. The number of rotatable bonds is 2. The van der Waals surface area contributed by atoms with E-state index in [2.05, 4.69) is 15.2 Å². The van der Waals surface area contributed by atoms with E-state index in [-0.39, 0.29) is 5.56 Å². The lowest BCUT2D eigenvalue weighted by Gasteiger charge is -2.03. The number of halogens is 1. The van der Waals surface area contributed by atoms with Gasteiger partial charge in [0.2, 0.25) is 5.56 Å². The highest BCUT2D eigenvalue weighted by Gasteiger charge is 2.10. The average Bonchev–Trinajstić information content (AvgIpc) is 2.88. The van der Waals surface area contributed by atoms with Gasteiger partial charge in [-0.25, -0.2) is 0 Å². The van der Waals surface area contributed by atoms with Crippen molar-refractivity contribution in [3.8, 4) is 22.4 Å². The molecule has 5 heteroatoms. The number of hydrogen-bond acceptors (Lipinski definition) is 2. The van der Waals surface area contributed by atoms with E-state index in [1.165, 1.54) is 0 Å². The van der Waals surface area contributed by atoms with Crippen LogP contribution in [0.5, 0.6) is 0 Å². The molecule has 3 rings (SSSR count). The largest absolute Gasteiger partial charge is 0.329 e. The molecule has 0 aliphatic carbocycles. The predicted molar refractivity (Wildman–Crippen MR) is 75.1 cm³/mol. The van der Waals surface area contributed by atoms with Crippen LogP contribution in [-0.2, 0) is 0 Å². The average molecular weight is 272 g/mol. The smallest absolute Gasteiger partial charge is 0.248 e. The molecule has 0 atom stereocenters. The van der Waals surface area contributed by atoms with E-state index in [9.17, 15) is 4.79 Å². The topological polar surface area (TPSA) is 61.5 Å². The van der Waals surface area contributed by atoms with Gasteiger partial charge in [-0.15, -0.1) is 0 Å². The third-order valence-corrected chi connectivity index (χ3v) is 3.07. The summed E-state index contributed by atoms with van der Waals surface area (Å²) in [6.07, 6.45) is 3.32. The first-order chi connectivity index (χ1) is 9.24. The second-order valence-corrected chi connectivity index (χ2v) is 4.55. The lowest BCUT2D eigenvalue weighted by atomic mass is 10.0. The van der Waals surface area contributed by atoms with E-state index in [4.69, 9.17) is 11.6 Å². The molecule has 2 aromatic heterocycles. The molecule has 0 spiro atoms. The highest BCUT2D eigenvalue weighted by atomic mass is 35.5. The van der Waals surface area contributed by atoms with E-state index in [1.54, 1.807) is 18.5 Å². The molecule has 19 heavy (non-hydrogen) atoms. The summed E-state index contributed by atoms with van der Waals surface area (Å²) >= 11 is 6.00. The summed E-state index contributed by atoms with van der Waals surface area (Å²) < 4.78 is 0. The number of H-pyrrole nitrogens is 2. The first-order valence-electron chi connectivity index (χ1n) is 5.72. The van der Waals surface area contributed by atoms with Crippen molar-refractivity contribution >= 4 is 11.6 Å². The molecule has 2 N–H and O–H groups in total. The van der Waals surface area contributed by atoms with Crippen LogP contribution >= 0.6 is 11.6 Å². The Bertz CT molecular complexity index is 776. The molecule has 0 bridgehead atoms. The first kappa shape index (κ1) is 11.7. The van der Waals surface area contributed by atoms with Crippen LogP contribution in [-0.4, -0.2) is 15.2 Å². The molecule has 0 aliphatic rings. The van der Waals surface area contributed by atoms with Crippen LogP contribution in [0.2, 0.25) is 5.02 Å². The Morgan fingerprint density at radius 1 is 1.11 bits per heavy atom. The van der Waals surface area contributed by atoms with E-state index < -0.39 is 0 Å². The minimum absolute atomic E-state index is 0.143. The molecule has 0 saturated carbocycles. The fraction of sp³-hybridized carbons (Fsp3) is 0. The Labute approximate surface area is 114 Å². The zero-order valence-electron chi connectivity index (χ0n) is 9.85. The van der Waals surface area contributed by atoms with Crippen molar-refractivity contribution in [2.75, 3.05) is 0 Å². The lowest BCUT2D eigenvalue weighted by Crippen LogP contribution is -2.02.